The van der Waals surface area contributed by atoms with Gasteiger partial charge in [-0.3, -0.25) is 0 Å². The van der Waals surface area contributed by atoms with E-state index >= 15 is 0 Å². The highest BCUT2D eigenvalue weighted by atomic mass is 16.5. The molecule has 0 saturated carbocycles. The van der Waals surface area contributed by atoms with Crippen molar-refractivity contribution in [3.05, 3.63) is 72.1 Å². The molecule has 0 aliphatic carbocycles. The second-order valence-electron chi connectivity index (χ2n) is 8.27. The minimum absolute atomic E-state index is 0.246. The number of benzene rings is 2. The van der Waals surface area contributed by atoms with Crippen LogP contribution in [0.5, 0.6) is 11.6 Å². The Kier molecular flexibility index (Phi) is 7.15. The van der Waals surface area contributed by atoms with Gasteiger partial charge in [-0.15, -0.1) is 0 Å². The first-order chi connectivity index (χ1) is 15.2. The second kappa shape index (κ2) is 10.4. The fourth-order valence-electron chi connectivity index (χ4n) is 4.22. The van der Waals surface area contributed by atoms with Crippen molar-refractivity contribution in [3.8, 4) is 22.9 Å². The normalized spacial score (nSPS) is 15.1. The van der Waals surface area contributed by atoms with Crippen LogP contribution in [0.1, 0.15) is 43.0 Å². The molecule has 0 amide bonds. The molecule has 2 aromatic carbocycles. The average Bonchev–Trinajstić information content (AvgIpc) is 2.80. The van der Waals surface area contributed by atoms with Crippen molar-refractivity contribution < 1.29 is 9.84 Å². The van der Waals surface area contributed by atoms with Gasteiger partial charge in [-0.05, 0) is 88.0 Å². The molecule has 31 heavy (non-hydrogen) atoms. The first-order valence-electron chi connectivity index (χ1n) is 11.2. The van der Waals surface area contributed by atoms with Gasteiger partial charge in [-0.25, -0.2) is 4.98 Å². The molecule has 5 heteroatoms. The molecule has 4 rings (SSSR count). The van der Waals surface area contributed by atoms with Gasteiger partial charge in [0, 0.05) is 11.6 Å². The summed E-state index contributed by atoms with van der Waals surface area (Å²) in [7, 11) is 0. The Balaban J connectivity index is 1.19. The van der Waals surface area contributed by atoms with Crippen molar-refractivity contribution in [2.75, 3.05) is 26.2 Å². The molecule has 0 radical (unpaired) electrons. The quantitative estimate of drug-likeness (QED) is 0.511. The Morgan fingerprint density at radius 3 is 2.45 bits per heavy atom. The largest absolute Gasteiger partial charge is 0.508 e. The van der Waals surface area contributed by atoms with Crippen molar-refractivity contribution in [2.24, 2.45) is 0 Å². The predicted octanol–water partition coefficient (Wildman–Crippen LogP) is 5.20. The number of phenols is 1. The van der Waals surface area contributed by atoms with E-state index in [0.29, 0.717) is 24.2 Å². The maximum absolute atomic E-state index is 9.48. The predicted molar refractivity (Wildman–Crippen MR) is 123 cm³/mol. The van der Waals surface area contributed by atoms with E-state index in [0.717, 1.165) is 30.6 Å². The monoisotopic (exact) mass is 417 g/mol. The maximum atomic E-state index is 9.48. The average molecular weight is 418 g/mol. The third-order valence-corrected chi connectivity index (χ3v) is 5.95. The molecule has 1 fully saturated rings. The van der Waals surface area contributed by atoms with Crippen LogP contribution in [0.15, 0.2) is 60.7 Å². The van der Waals surface area contributed by atoms with Crippen LogP contribution in [0, 0.1) is 6.92 Å². The van der Waals surface area contributed by atoms with Crippen LogP contribution in [0.3, 0.4) is 0 Å². The second-order valence-corrected chi connectivity index (χ2v) is 8.27. The number of unbranched alkanes of at least 4 members (excludes halogenated alkanes) is 1. The Hall–Kier alpha value is -2.92. The first kappa shape index (κ1) is 21.3. The van der Waals surface area contributed by atoms with Gasteiger partial charge in [-0.1, -0.05) is 30.3 Å². The summed E-state index contributed by atoms with van der Waals surface area (Å²) in [4.78, 5) is 11.5. The third kappa shape index (κ3) is 6.05. The highest BCUT2D eigenvalue weighted by Crippen LogP contribution is 2.28. The number of aryl methyl sites for hydroxylation is 1. The molecule has 1 N–H and O–H groups in total. The lowest BCUT2D eigenvalue weighted by atomic mass is 9.89. The van der Waals surface area contributed by atoms with Gasteiger partial charge in [0.2, 0.25) is 5.88 Å². The number of ether oxygens (including phenoxy) is 1. The standard InChI is InChI=1S/C26H31N3O2/c1-20-27-25(23-9-11-24(30)12-10-23)19-26(28-20)31-18-6-5-15-29-16-13-22(14-17-29)21-7-3-2-4-8-21/h2-4,7-12,19,22,30H,5-6,13-18H2,1H3. The topological polar surface area (TPSA) is 58.5 Å². The fraction of sp³-hybridized carbons (Fsp3) is 0.385. The van der Waals surface area contributed by atoms with Crippen LogP contribution < -0.4 is 4.74 Å². The zero-order valence-electron chi connectivity index (χ0n) is 18.2. The minimum atomic E-state index is 0.246. The van der Waals surface area contributed by atoms with E-state index in [2.05, 4.69) is 45.2 Å². The van der Waals surface area contributed by atoms with Gasteiger partial charge in [0.05, 0.1) is 12.3 Å². The zero-order chi connectivity index (χ0) is 21.5. The smallest absolute Gasteiger partial charge is 0.217 e. The highest BCUT2D eigenvalue weighted by molar-refractivity contribution is 5.60. The molecule has 3 aromatic rings. The van der Waals surface area contributed by atoms with Crippen molar-refractivity contribution in [1.82, 2.24) is 14.9 Å². The summed E-state index contributed by atoms with van der Waals surface area (Å²) in [6, 6.07) is 19.8. The van der Waals surface area contributed by atoms with Crippen molar-refractivity contribution >= 4 is 0 Å². The van der Waals surface area contributed by atoms with E-state index in [1.54, 1.807) is 12.1 Å². The lowest BCUT2D eigenvalue weighted by Gasteiger charge is -2.32. The van der Waals surface area contributed by atoms with E-state index in [-0.39, 0.29) is 5.75 Å². The summed E-state index contributed by atoms with van der Waals surface area (Å²) in [6.45, 7) is 6.03. The minimum Gasteiger partial charge on any atom is -0.508 e. The van der Waals surface area contributed by atoms with Gasteiger partial charge in [0.15, 0.2) is 0 Å². The highest BCUT2D eigenvalue weighted by Gasteiger charge is 2.19. The summed E-state index contributed by atoms with van der Waals surface area (Å²) in [5, 5.41) is 9.48. The molecule has 0 atom stereocenters. The van der Waals surface area contributed by atoms with Crippen molar-refractivity contribution in [3.63, 3.8) is 0 Å². The number of likely N-dealkylation sites (tertiary alicyclic amines) is 1. The van der Waals surface area contributed by atoms with Crippen LogP contribution in [0.25, 0.3) is 11.3 Å². The number of hydrogen-bond donors (Lipinski definition) is 1. The van der Waals surface area contributed by atoms with Crippen LogP contribution >= 0.6 is 0 Å². The SMILES string of the molecule is Cc1nc(OCCCCN2CCC(c3ccccc3)CC2)cc(-c2ccc(O)cc2)n1. The molecule has 1 saturated heterocycles. The molecular formula is C26H31N3O2. The number of phenolic OH excluding ortho intramolecular Hbond substituents is 1. The number of rotatable bonds is 8. The molecule has 2 heterocycles. The Morgan fingerprint density at radius 2 is 1.71 bits per heavy atom. The number of aromatic nitrogens is 2. The Bertz CT molecular complexity index is 952. The van der Waals surface area contributed by atoms with E-state index < -0.39 is 0 Å². The summed E-state index contributed by atoms with van der Waals surface area (Å²) >= 11 is 0. The van der Waals surface area contributed by atoms with Gasteiger partial charge in [-0.2, -0.15) is 4.98 Å². The molecule has 5 nitrogen and oxygen atoms in total. The maximum Gasteiger partial charge on any atom is 0.217 e. The molecule has 1 aliphatic rings. The van der Waals surface area contributed by atoms with Gasteiger partial charge in [0.25, 0.3) is 0 Å². The molecular weight excluding hydrogens is 386 g/mol. The fourth-order valence-corrected chi connectivity index (χ4v) is 4.22. The van der Waals surface area contributed by atoms with Crippen LogP contribution in [0.4, 0.5) is 0 Å². The summed E-state index contributed by atoms with van der Waals surface area (Å²) in [5.41, 5.74) is 3.23. The Labute approximate surface area is 184 Å². The summed E-state index contributed by atoms with van der Waals surface area (Å²) in [5.74, 6) is 2.25. The number of hydrogen-bond acceptors (Lipinski definition) is 5. The number of nitrogens with zero attached hydrogens (tertiary/aromatic N) is 3. The third-order valence-electron chi connectivity index (χ3n) is 5.95. The summed E-state index contributed by atoms with van der Waals surface area (Å²) < 4.78 is 5.92. The van der Waals surface area contributed by atoms with E-state index in [1.165, 1.54) is 31.5 Å². The Morgan fingerprint density at radius 1 is 0.968 bits per heavy atom. The van der Waals surface area contributed by atoms with Crippen molar-refractivity contribution in [2.45, 2.75) is 38.5 Å². The van der Waals surface area contributed by atoms with Gasteiger partial charge in [0.1, 0.15) is 11.6 Å². The van der Waals surface area contributed by atoms with E-state index in [1.807, 2.05) is 25.1 Å². The lowest BCUT2D eigenvalue weighted by molar-refractivity contribution is 0.201. The zero-order valence-corrected chi connectivity index (χ0v) is 18.2. The first-order valence-corrected chi connectivity index (χ1v) is 11.2. The molecule has 1 aliphatic heterocycles. The van der Waals surface area contributed by atoms with Crippen molar-refractivity contribution in [1.29, 1.82) is 0 Å². The molecule has 162 valence electrons. The number of piperidine rings is 1. The number of aromatic hydroxyl groups is 1. The molecule has 0 unspecified atom stereocenters. The van der Waals surface area contributed by atoms with Gasteiger partial charge < -0.3 is 14.7 Å². The molecule has 0 bridgehead atoms. The van der Waals surface area contributed by atoms with Crippen LogP contribution in [-0.4, -0.2) is 46.2 Å². The molecule has 1 aromatic heterocycles. The van der Waals surface area contributed by atoms with Crippen LogP contribution in [0.2, 0.25) is 0 Å². The van der Waals surface area contributed by atoms with E-state index in [4.69, 9.17) is 4.74 Å². The van der Waals surface area contributed by atoms with Crippen LogP contribution in [-0.2, 0) is 0 Å². The van der Waals surface area contributed by atoms with Gasteiger partial charge >= 0.3 is 0 Å². The lowest BCUT2D eigenvalue weighted by Crippen LogP contribution is -2.33. The molecule has 0 spiro atoms. The van der Waals surface area contributed by atoms with E-state index in [9.17, 15) is 5.11 Å². The summed E-state index contributed by atoms with van der Waals surface area (Å²) in [6.07, 6.45) is 4.64.